The molecule has 0 saturated heterocycles. The van der Waals surface area contributed by atoms with Gasteiger partial charge in [0, 0.05) is 0 Å². The standard InChI is InChI=1S/C8H4F3N3O2/c9-6(10)5-3-4(1-2-12)8(14(15)16)13-7(5)11/h3,6H,1H2. The van der Waals surface area contributed by atoms with Crippen molar-refractivity contribution in [2.24, 2.45) is 0 Å². The molecule has 1 aromatic heterocycles. The summed E-state index contributed by atoms with van der Waals surface area (Å²) in [4.78, 5) is 12.2. The van der Waals surface area contributed by atoms with Gasteiger partial charge in [0.1, 0.15) is 0 Å². The van der Waals surface area contributed by atoms with Crippen LogP contribution in [0, 0.1) is 27.4 Å². The van der Waals surface area contributed by atoms with Crippen LogP contribution in [0.2, 0.25) is 0 Å². The average molecular weight is 231 g/mol. The Balaban J connectivity index is 3.38. The molecule has 0 spiro atoms. The number of nitriles is 1. The van der Waals surface area contributed by atoms with Gasteiger partial charge in [-0.05, 0) is 16.0 Å². The van der Waals surface area contributed by atoms with Crippen molar-refractivity contribution in [3.63, 3.8) is 0 Å². The van der Waals surface area contributed by atoms with Crippen molar-refractivity contribution in [1.29, 1.82) is 5.26 Å². The van der Waals surface area contributed by atoms with E-state index in [1.165, 1.54) is 0 Å². The fourth-order valence-electron chi connectivity index (χ4n) is 1.07. The number of nitrogens with zero attached hydrogens (tertiary/aromatic N) is 3. The zero-order valence-electron chi connectivity index (χ0n) is 7.65. The van der Waals surface area contributed by atoms with E-state index < -0.39 is 35.1 Å². The molecule has 0 unspecified atom stereocenters. The maximum atomic E-state index is 12.9. The van der Waals surface area contributed by atoms with Crippen molar-refractivity contribution < 1.29 is 18.1 Å². The molecular weight excluding hydrogens is 227 g/mol. The van der Waals surface area contributed by atoms with Gasteiger partial charge in [-0.15, -0.1) is 0 Å². The minimum absolute atomic E-state index is 0.329. The molecule has 0 fully saturated rings. The Hall–Kier alpha value is -2.17. The summed E-state index contributed by atoms with van der Waals surface area (Å²) in [7, 11) is 0. The Morgan fingerprint density at radius 2 is 2.25 bits per heavy atom. The van der Waals surface area contributed by atoms with Crippen LogP contribution in [0.15, 0.2) is 6.07 Å². The Morgan fingerprint density at radius 3 is 2.69 bits per heavy atom. The van der Waals surface area contributed by atoms with Crippen LogP contribution < -0.4 is 0 Å². The molecule has 0 aliphatic rings. The van der Waals surface area contributed by atoms with Crippen molar-refractivity contribution in [2.45, 2.75) is 12.8 Å². The van der Waals surface area contributed by atoms with Gasteiger partial charge in [-0.3, -0.25) is 0 Å². The highest BCUT2D eigenvalue weighted by Gasteiger charge is 2.25. The summed E-state index contributed by atoms with van der Waals surface area (Å²) < 4.78 is 37.4. The minimum Gasteiger partial charge on any atom is -0.358 e. The highest BCUT2D eigenvalue weighted by atomic mass is 19.3. The number of alkyl halides is 2. The molecular formula is C8H4F3N3O2. The van der Waals surface area contributed by atoms with Gasteiger partial charge in [-0.2, -0.15) is 9.65 Å². The number of hydrogen-bond acceptors (Lipinski definition) is 4. The first kappa shape index (κ1) is 11.9. The summed E-state index contributed by atoms with van der Waals surface area (Å²) in [5.74, 6) is -2.51. The summed E-state index contributed by atoms with van der Waals surface area (Å²) in [6.45, 7) is 0. The van der Waals surface area contributed by atoms with Gasteiger partial charge in [-0.1, -0.05) is 0 Å². The van der Waals surface area contributed by atoms with Crippen molar-refractivity contribution in [2.75, 3.05) is 0 Å². The molecule has 0 radical (unpaired) electrons. The van der Waals surface area contributed by atoms with Gasteiger partial charge >= 0.3 is 11.8 Å². The van der Waals surface area contributed by atoms with Gasteiger partial charge in [0.25, 0.3) is 6.43 Å². The van der Waals surface area contributed by atoms with Crippen LogP contribution in [0.4, 0.5) is 19.0 Å². The molecule has 16 heavy (non-hydrogen) atoms. The number of halogens is 3. The molecule has 0 atom stereocenters. The number of rotatable bonds is 3. The Morgan fingerprint density at radius 1 is 1.62 bits per heavy atom. The van der Waals surface area contributed by atoms with Crippen LogP contribution in [0.1, 0.15) is 17.6 Å². The predicted molar refractivity (Wildman–Crippen MR) is 45.1 cm³/mol. The van der Waals surface area contributed by atoms with E-state index in [0.29, 0.717) is 6.07 Å². The molecule has 5 nitrogen and oxygen atoms in total. The van der Waals surface area contributed by atoms with E-state index in [-0.39, 0.29) is 5.56 Å². The second-order valence-electron chi connectivity index (χ2n) is 2.74. The molecule has 0 aliphatic heterocycles. The molecule has 84 valence electrons. The van der Waals surface area contributed by atoms with Gasteiger partial charge in [0.15, 0.2) is 0 Å². The van der Waals surface area contributed by atoms with E-state index in [1.807, 2.05) is 0 Å². The van der Waals surface area contributed by atoms with E-state index in [2.05, 4.69) is 4.98 Å². The van der Waals surface area contributed by atoms with Gasteiger partial charge in [0.2, 0.25) is 0 Å². The molecule has 1 heterocycles. The molecule has 8 heteroatoms. The van der Waals surface area contributed by atoms with Crippen LogP contribution >= 0.6 is 0 Å². The highest BCUT2D eigenvalue weighted by Crippen LogP contribution is 2.26. The predicted octanol–water partition coefficient (Wildman–Crippen LogP) is 2.13. The first-order valence-corrected chi connectivity index (χ1v) is 3.96. The van der Waals surface area contributed by atoms with Crippen molar-refractivity contribution in [3.8, 4) is 6.07 Å². The largest absolute Gasteiger partial charge is 0.371 e. The fourth-order valence-corrected chi connectivity index (χ4v) is 1.07. The number of aromatic nitrogens is 1. The lowest BCUT2D eigenvalue weighted by Gasteiger charge is -2.02. The zero-order valence-corrected chi connectivity index (χ0v) is 7.65. The Bertz CT molecular complexity index is 470. The van der Waals surface area contributed by atoms with E-state index >= 15 is 0 Å². The molecule has 0 N–H and O–H groups in total. The third-order valence-corrected chi connectivity index (χ3v) is 1.74. The van der Waals surface area contributed by atoms with Crippen LogP contribution in [-0.4, -0.2) is 9.91 Å². The molecule has 0 saturated carbocycles. The summed E-state index contributed by atoms with van der Waals surface area (Å²) in [5, 5.41) is 18.8. The lowest BCUT2D eigenvalue weighted by atomic mass is 10.1. The summed E-state index contributed by atoms with van der Waals surface area (Å²) in [5.41, 5.74) is -1.37. The van der Waals surface area contributed by atoms with Crippen LogP contribution in [0.3, 0.4) is 0 Å². The lowest BCUT2D eigenvalue weighted by Crippen LogP contribution is -2.04. The normalized spacial score (nSPS) is 10.2. The van der Waals surface area contributed by atoms with Gasteiger partial charge < -0.3 is 10.1 Å². The fraction of sp³-hybridized carbons (Fsp3) is 0.250. The van der Waals surface area contributed by atoms with Crippen molar-refractivity contribution >= 4 is 5.82 Å². The second kappa shape index (κ2) is 4.57. The lowest BCUT2D eigenvalue weighted by molar-refractivity contribution is -0.390. The first-order valence-electron chi connectivity index (χ1n) is 3.96. The number of pyridine rings is 1. The molecule has 1 rings (SSSR count). The number of nitro groups is 1. The highest BCUT2D eigenvalue weighted by molar-refractivity contribution is 5.38. The minimum atomic E-state index is -3.13. The third kappa shape index (κ3) is 2.25. The molecule has 0 bridgehead atoms. The van der Waals surface area contributed by atoms with E-state index in [1.54, 1.807) is 6.07 Å². The summed E-state index contributed by atoms with van der Waals surface area (Å²) in [6.07, 6.45) is -3.62. The second-order valence-corrected chi connectivity index (χ2v) is 2.74. The topological polar surface area (TPSA) is 79.8 Å². The van der Waals surface area contributed by atoms with Gasteiger partial charge in [-0.25, -0.2) is 8.78 Å². The maximum absolute atomic E-state index is 12.9. The molecule has 0 aromatic carbocycles. The Labute approximate surface area is 87.3 Å². The van der Waals surface area contributed by atoms with Crippen molar-refractivity contribution in [3.05, 3.63) is 33.3 Å². The van der Waals surface area contributed by atoms with Gasteiger partial charge in [0.05, 0.1) is 23.6 Å². The molecule has 1 aromatic rings. The smallest absolute Gasteiger partial charge is 0.358 e. The van der Waals surface area contributed by atoms with E-state index in [9.17, 15) is 23.3 Å². The zero-order chi connectivity index (χ0) is 12.3. The van der Waals surface area contributed by atoms with Crippen LogP contribution in [-0.2, 0) is 6.42 Å². The van der Waals surface area contributed by atoms with Crippen molar-refractivity contribution in [1.82, 2.24) is 4.98 Å². The molecule has 0 aliphatic carbocycles. The molecule has 0 amide bonds. The first-order chi connectivity index (χ1) is 7.47. The quantitative estimate of drug-likeness (QED) is 0.453. The monoisotopic (exact) mass is 231 g/mol. The Kier molecular flexibility index (Phi) is 3.40. The van der Waals surface area contributed by atoms with E-state index in [4.69, 9.17) is 5.26 Å². The van der Waals surface area contributed by atoms with Crippen LogP contribution in [0.25, 0.3) is 0 Å². The maximum Gasteiger partial charge on any atom is 0.371 e. The summed E-state index contributed by atoms with van der Waals surface area (Å²) in [6, 6.07) is 2.14. The third-order valence-electron chi connectivity index (χ3n) is 1.74. The SMILES string of the molecule is N#CCc1cc(C(F)F)c(F)nc1[N+](=O)[O-]. The summed E-state index contributed by atoms with van der Waals surface area (Å²) >= 11 is 0. The van der Waals surface area contributed by atoms with E-state index in [0.717, 1.165) is 0 Å². The number of hydrogen-bond donors (Lipinski definition) is 0. The average Bonchev–Trinajstić information content (AvgIpc) is 2.19. The van der Waals surface area contributed by atoms with Crippen LogP contribution in [0.5, 0.6) is 0 Å².